The molecular weight excluding hydrogens is 380 g/mol. The van der Waals surface area contributed by atoms with Crippen LogP contribution in [0.25, 0.3) is 5.69 Å². The third-order valence-corrected chi connectivity index (χ3v) is 6.25. The predicted octanol–water partition coefficient (Wildman–Crippen LogP) is 3.93. The van der Waals surface area contributed by atoms with Crippen molar-refractivity contribution >= 4 is 23.4 Å². The zero-order valence-corrected chi connectivity index (χ0v) is 17.7. The molecule has 2 heterocycles. The summed E-state index contributed by atoms with van der Waals surface area (Å²) in [6, 6.07) is 16.8. The number of carbonyl (C=O) groups is 1. The van der Waals surface area contributed by atoms with Crippen LogP contribution in [0.4, 0.5) is 5.69 Å². The topological polar surface area (TPSA) is 41.4 Å². The van der Waals surface area contributed by atoms with Crippen molar-refractivity contribution in [3.05, 3.63) is 72.1 Å². The van der Waals surface area contributed by atoms with Gasteiger partial charge in [0, 0.05) is 44.3 Å². The summed E-state index contributed by atoms with van der Waals surface area (Å²) >= 11 is 1.51. The highest BCUT2D eigenvalue weighted by Crippen LogP contribution is 2.24. The Balaban J connectivity index is 1.35. The lowest BCUT2D eigenvalue weighted by Crippen LogP contribution is -2.49. The molecule has 0 saturated carbocycles. The van der Waals surface area contributed by atoms with Crippen molar-refractivity contribution < 1.29 is 4.79 Å². The summed E-state index contributed by atoms with van der Waals surface area (Å²) in [7, 11) is 0. The van der Waals surface area contributed by atoms with Crippen LogP contribution < -0.4 is 4.90 Å². The number of anilines is 1. The van der Waals surface area contributed by atoms with E-state index >= 15 is 0 Å². The molecule has 1 aliphatic rings. The Hall–Kier alpha value is -2.73. The van der Waals surface area contributed by atoms with Crippen LogP contribution in [0.5, 0.6) is 0 Å². The number of aromatic nitrogens is 2. The number of carbonyl (C=O) groups excluding carboxylic acids is 1. The van der Waals surface area contributed by atoms with Gasteiger partial charge in [0.05, 0.1) is 11.4 Å². The van der Waals surface area contributed by atoms with E-state index in [-0.39, 0.29) is 5.91 Å². The number of para-hydroxylation sites is 1. The number of amides is 1. The molecule has 1 aromatic heterocycles. The fourth-order valence-electron chi connectivity index (χ4n) is 3.73. The fourth-order valence-corrected chi connectivity index (χ4v) is 4.59. The second kappa shape index (κ2) is 8.74. The summed E-state index contributed by atoms with van der Waals surface area (Å²) in [5.74, 6) is 0.589. The maximum Gasteiger partial charge on any atom is 0.233 e. The number of piperazine rings is 1. The monoisotopic (exact) mass is 406 g/mol. The molecule has 1 saturated heterocycles. The van der Waals surface area contributed by atoms with E-state index in [0.717, 1.165) is 37.0 Å². The average Bonchev–Trinajstić information content (AvgIpc) is 3.21. The van der Waals surface area contributed by atoms with Crippen LogP contribution in [0.2, 0.25) is 0 Å². The lowest BCUT2D eigenvalue weighted by molar-refractivity contribution is -0.128. The van der Waals surface area contributed by atoms with Crippen LogP contribution in [0, 0.1) is 13.8 Å². The molecule has 150 valence electrons. The van der Waals surface area contributed by atoms with Gasteiger partial charge in [-0.1, -0.05) is 47.7 Å². The molecule has 0 radical (unpaired) electrons. The number of hydrogen-bond donors (Lipinski definition) is 0. The normalized spacial score (nSPS) is 14.3. The Morgan fingerprint density at radius 1 is 1.03 bits per heavy atom. The highest BCUT2D eigenvalue weighted by molar-refractivity contribution is 7.99. The van der Waals surface area contributed by atoms with E-state index in [2.05, 4.69) is 70.8 Å². The van der Waals surface area contributed by atoms with E-state index in [1.807, 2.05) is 17.2 Å². The van der Waals surface area contributed by atoms with E-state index in [1.54, 1.807) is 6.20 Å². The molecule has 2 aromatic carbocycles. The molecule has 0 atom stereocenters. The van der Waals surface area contributed by atoms with Gasteiger partial charge < -0.3 is 9.80 Å². The Morgan fingerprint density at radius 3 is 2.52 bits per heavy atom. The number of imidazole rings is 1. The molecule has 3 aromatic rings. The molecule has 0 aliphatic carbocycles. The van der Waals surface area contributed by atoms with E-state index in [0.29, 0.717) is 5.75 Å². The van der Waals surface area contributed by atoms with E-state index in [1.165, 1.54) is 28.6 Å². The SMILES string of the molecule is Cc1ccc(-n2ccnc2SCC(=O)N2CCN(c3ccccc3)CC2)c(C)c1. The number of aryl methyl sites for hydroxylation is 2. The number of nitrogens with zero attached hydrogens (tertiary/aromatic N) is 4. The van der Waals surface area contributed by atoms with Crippen LogP contribution in [0.1, 0.15) is 11.1 Å². The third kappa shape index (κ3) is 4.48. The van der Waals surface area contributed by atoms with Gasteiger partial charge in [-0.15, -0.1) is 0 Å². The van der Waals surface area contributed by atoms with Crippen LogP contribution in [0.3, 0.4) is 0 Å². The fraction of sp³-hybridized carbons (Fsp3) is 0.304. The summed E-state index contributed by atoms with van der Waals surface area (Å²) in [5, 5.41) is 0.855. The number of hydrogen-bond acceptors (Lipinski definition) is 4. The minimum absolute atomic E-state index is 0.179. The van der Waals surface area contributed by atoms with Crippen molar-refractivity contribution in [2.45, 2.75) is 19.0 Å². The van der Waals surface area contributed by atoms with E-state index in [9.17, 15) is 4.79 Å². The van der Waals surface area contributed by atoms with E-state index in [4.69, 9.17) is 0 Å². The standard InChI is InChI=1S/C23H26N4OS/c1-18-8-9-21(19(2)16-18)27-11-10-24-23(27)29-17-22(28)26-14-12-25(13-15-26)20-6-4-3-5-7-20/h3-11,16H,12-15,17H2,1-2H3. The predicted molar refractivity (Wildman–Crippen MR) is 119 cm³/mol. The number of rotatable bonds is 5. The smallest absolute Gasteiger partial charge is 0.233 e. The zero-order valence-electron chi connectivity index (χ0n) is 16.9. The first-order valence-corrected chi connectivity index (χ1v) is 10.9. The van der Waals surface area contributed by atoms with Crippen molar-refractivity contribution in [2.24, 2.45) is 0 Å². The molecule has 5 nitrogen and oxygen atoms in total. The first-order valence-electron chi connectivity index (χ1n) is 9.93. The lowest BCUT2D eigenvalue weighted by Gasteiger charge is -2.36. The molecule has 0 spiro atoms. The summed E-state index contributed by atoms with van der Waals surface area (Å²) < 4.78 is 2.07. The second-order valence-electron chi connectivity index (χ2n) is 7.36. The highest BCUT2D eigenvalue weighted by atomic mass is 32.2. The number of benzene rings is 2. The first kappa shape index (κ1) is 19.6. The third-order valence-electron chi connectivity index (χ3n) is 5.30. The molecule has 29 heavy (non-hydrogen) atoms. The first-order chi connectivity index (χ1) is 14.1. The van der Waals surface area contributed by atoms with Gasteiger partial charge in [-0.3, -0.25) is 9.36 Å². The van der Waals surface area contributed by atoms with Gasteiger partial charge in [0.2, 0.25) is 5.91 Å². The summed E-state index contributed by atoms with van der Waals surface area (Å²) in [4.78, 5) is 21.5. The summed E-state index contributed by atoms with van der Waals surface area (Å²) in [6.45, 7) is 7.47. The van der Waals surface area contributed by atoms with Gasteiger partial charge in [-0.2, -0.15) is 0 Å². The highest BCUT2D eigenvalue weighted by Gasteiger charge is 2.22. The van der Waals surface area contributed by atoms with Gasteiger partial charge in [0.25, 0.3) is 0 Å². The van der Waals surface area contributed by atoms with Crippen molar-refractivity contribution in [2.75, 3.05) is 36.8 Å². The molecular formula is C23H26N4OS. The van der Waals surface area contributed by atoms with Crippen LogP contribution in [-0.2, 0) is 4.79 Å². The Bertz CT molecular complexity index is 978. The second-order valence-corrected chi connectivity index (χ2v) is 8.30. The van der Waals surface area contributed by atoms with Gasteiger partial charge in [0.15, 0.2) is 5.16 Å². The molecule has 0 bridgehead atoms. The van der Waals surface area contributed by atoms with Crippen LogP contribution >= 0.6 is 11.8 Å². The van der Waals surface area contributed by atoms with Gasteiger partial charge >= 0.3 is 0 Å². The molecule has 4 rings (SSSR count). The van der Waals surface area contributed by atoms with Crippen molar-refractivity contribution in [1.82, 2.24) is 14.5 Å². The molecule has 1 aliphatic heterocycles. The Labute approximate surface area is 176 Å². The average molecular weight is 407 g/mol. The summed E-state index contributed by atoms with van der Waals surface area (Å²) in [6.07, 6.45) is 3.76. The van der Waals surface area contributed by atoms with Crippen molar-refractivity contribution in [3.63, 3.8) is 0 Å². The lowest BCUT2D eigenvalue weighted by atomic mass is 10.1. The van der Waals surface area contributed by atoms with Crippen molar-refractivity contribution in [1.29, 1.82) is 0 Å². The molecule has 0 N–H and O–H groups in total. The van der Waals surface area contributed by atoms with Gasteiger partial charge in [-0.05, 0) is 37.6 Å². The molecule has 1 amide bonds. The maximum atomic E-state index is 12.7. The zero-order chi connectivity index (χ0) is 20.2. The molecule has 1 fully saturated rings. The van der Waals surface area contributed by atoms with Crippen LogP contribution in [0.15, 0.2) is 66.1 Å². The maximum absolute atomic E-state index is 12.7. The summed E-state index contributed by atoms with van der Waals surface area (Å²) in [5.41, 5.74) is 4.78. The van der Waals surface area contributed by atoms with Crippen LogP contribution in [-0.4, -0.2) is 52.3 Å². The van der Waals surface area contributed by atoms with Gasteiger partial charge in [0.1, 0.15) is 0 Å². The quantitative estimate of drug-likeness (QED) is 0.602. The molecule has 0 unspecified atom stereocenters. The Morgan fingerprint density at radius 2 is 1.79 bits per heavy atom. The minimum atomic E-state index is 0.179. The van der Waals surface area contributed by atoms with E-state index < -0.39 is 0 Å². The molecule has 6 heteroatoms. The minimum Gasteiger partial charge on any atom is -0.368 e. The number of thioether (sulfide) groups is 1. The Kier molecular flexibility index (Phi) is 5.90. The van der Waals surface area contributed by atoms with Gasteiger partial charge in [-0.25, -0.2) is 4.98 Å². The van der Waals surface area contributed by atoms with Crippen molar-refractivity contribution in [3.8, 4) is 5.69 Å². The largest absolute Gasteiger partial charge is 0.368 e.